The van der Waals surface area contributed by atoms with Crippen molar-refractivity contribution in [3.8, 4) is 22.9 Å². The standard InChI is InChI=1S/C30H30N4O3/c1-5-21(16-28(35)36-6-2)22-9-13-27(14-10-22)37-18-25-15-24(17-34-29(25)32-20-33-34)23-7-11-26(12-8-23)30(3,4)19-31/h5,7-15,17,20-21H,1,6,16,18H2,2-4H3/t21-/m0/s1. The Balaban J connectivity index is 1.52. The highest BCUT2D eigenvalue weighted by Crippen LogP contribution is 2.28. The summed E-state index contributed by atoms with van der Waals surface area (Å²) in [7, 11) is 0. The Labute approximate surface area is 217 Å². The van der Waals surface area contributed by atoms with Gasteiger partial charge in [0.2, 0.25) is 0 Å². The predicted octanol–water partition coefficient (Wildman–Crippen LogP) is 6.00. The van der Waals surface area contributed by atoms with Gasteiger partial charge < -0.3 is 9.47 Å². The highest BCUT2D eigenvalue weighted by molar-refractivity contribution is 5.71. The Morgan fingerprint density at radius 3 is 2.54 bits per heavy atom. The van der Waals surface area contributed by atoms with Crippen LogP contribution in [0.4, 0.5) is 0 Å². The second kappa shape index (κ2) is 11.1. The van der Waals surface area contributed by atoms with E-state index in [2.05, 4.69) is 28.8 Å². The number of allylic oxidation sites excluding steroid dienone is 1. The molecule has 188 valence electrons. The molecule has 0 unspecified atom stereocenters. The monoisotopic (exact) mass is 494 g/mol. The number of hydrogen-bond acceptors (Lipinski definition) is 6. The van der Waals surface area contributed by atoms with E-state index in [1.165, 1.54) is 6.33 Å². The third-order valence-electron chi connectivity index (χ3n) is 6.35. The molecule has 0 aliphatic rings. The van der Waals surface area contributed by atoms with Gasteiger partial charge in [0, 0.05) is 23.2 Å². The number of carbonyl (C=O) groups excluding carboxylic acids is 1. The summed E-state index contributed by atoms with van der Waals surface area (Å²) in [5.74, 6) is 0.340. The maximum atomic E-state index is 11.9. The normalized spacial score (nSPS) is 12.1. The molecule has 2 aromatic heterocycles. The zero-order valence-electron chi connectivity index (χ0n) is 21.3. The summed E-state index contributed by atoms with van der Waals surface area (Å²) in [6.07, 6.45) is 5.47. The fourth-order valence-electron chi connectivity index (χ4n) is 4.11. The molecule has 0 aliphatic heterocycles. The molecule has 7 nitrogen and oxygen atoms in total. The van der Waals surface area contributed by atoms with E-state index in [0.717, 1.165) is 33.5 Å². The molecule has 37 heavy (non-hydrogen) atoms. The molecule has 4 rings (SSSR count). The van der Waals surface area contributed by atoms with Crippen molar-refractivity contribution in [3.63, 3.8) is 0 Å². The van der Waals surface area contributed by atoms with E-state index in [9.17, 15) is 10.1 Å². The first kappa shape index (κ1) is 25.6. The van der Waals surface area contributed by atoms with Gasteiger partial charge in [0.05, 0.1) is 24.5 Å². The quantitative estimate of drug-likeness (QED) is 0.198. The molecular weight excluding hydrogens is 464 g/mol. The molecule has 4 aromatic rings. The van der Waals surface area contributed by atoms with Crippen LogP contribution in [0.15, 0.2) is 79.8 Å². The van der Waals surface area contributed by atoms with Crippen molar-refractivity contribution < 1.29 is 14.3 Å². The molecule has 0 spiro atoms. The minimum absolute atomic E-state index is 0.120. The van der Waals surface area contributed by atoms with Gasteiger partial charge in [-0.1, -0.05) is 42.5 Å². The van der Waals surface area contributed by atoms with Crippen LogP contribution in [0.3, 0.4) is 0 Å². The molecule has 0 N–H and O–H groups in total. The molecule has 0 amide bonds. The fraction of sp³-hybridized carbons (Fsp3) is 0.267. The number of aromatic nitrogens is 3. The second-order valence-corrected chi connectivity index (χ2v) is 9.31. The van der Waals surface area contributed by atoms with Gasteiger partial charge in [0.15, 0.2) is 5.65 Å². The number of esters is 1. The lowest BCUT2D eigenvalue weighted by Crippen LogP contribution is -2.13. The van der Waals surface area contributed by atoms with Crippen molar-refractivity contribution in [1.82, 2.24) is 14.6 Å². The zero-order chi connectivity index (χ0) is 26.4. The van der Waals surface area contributed by atoms with E-state index < -0.39 is 5.41 Å². The number of hydrogen-bond donors (Lipinski definition) is 0. The summed E-state index contributed by atoms with van der Waals surface area (Å²) in [6, 6.07) is 20.0. The number of nitriles is 1. The van der Waals surface area contributed by atoms with Crippen LogP contribution in [0.2, 0.25) is 0 Å². The molecule has 1 atom stereocenters. The lowest BCUT2D eigenvalue weighted by molar-refractivity contribution is -0.143. The largest absolute Gasteiger partial charge is 0.489 e. The Kier molecular flexibility index (Phi) is 7.69. The Morgan fingerprint density at radius 2 is 1.89 bits per heavy atom. The van der Waals surface area contributed by atoms with Crippen molar-refractivity contribution in [1.29, 1.82) is 5.26 Å². The van der Waals surface area contributed by atoms with Crippen LogP contribution in [-0.2, 0) is 21.6 Å². The lowest BCUT2D eigenvalue weighted by Gasteiger charge is -2.16. The topological polar surface area (TPSA) is 89.5 Å². The Bertz CT molecular complexity index is 1430. The van der Waals surface area contributed by atoms with Gasteiger partial charge in [-0.15, -0.1) is 6.58 Å². The van der Waals surface area contributed by atoms with Gasteiger partial charge in [0.25, 0.3) is 0 Å². The van der Waals surface area contributed by atoms with Crippen molar-refractivity contribution in [2.24, 2.45) is 0 Å². The Hall–Kier alpha value is -4.44. The molecule has 2 aromatic carbocycles. The van der Waals surface area contributed by atoms with Gasteiger partial charge in [0.1, 0.15) is 18.7 Å². The zero-order valence-corrected chi connectivity index (χ0v) is 21.3. The van der Waals surface area contributed by atoms with Gasteiger partial charge >= 0.3 is 5.97 Å². The number of benzene rings is 2. The van der Waals surface area contributed by atoms with E-state index in [4.69, 9.17) is 9.47 Å². The lowest BCUT2D eigenvalue weighted by atomic mass is 9.85. The number of ether oxygens (including phenoxy) is 2. The number of carbonyl (C=O) groups is 1. The molecule has 0 saturated heterocycles. The van der Waals surface area contributed by atoms with E-state index in [0.29, 0.717) is 19.0 Å². The van der Waals surface area contributed by atoms with E-state index in [-0.39, 0.29) is 18.3 Å². The maximum Gasteiger partial charge on any atom is 0.306 e. The average molecular weight is 495 g/mol. The van der Waals surface area contributed by atoms with Crippen LogP contribution in [0.1, 0.15) is 49.8 Å². The molecule has 0 fully saturated rings. The van der Waals surface area contributed by atoms with E-state index in [1.54, 1.807) is 17.5 Å². The number of rotatable bonds is 10. The van der Waals surface area contributed by atoms with Crippen molar-refractivity contribution in [2.75, 3.05) is 6.61 Å². The van der Waals surface area contributed by atoms with Crippen molar-refractivity contribution >= 4 is 11.6 Å². The number of nitrogens with zero attached hydrogens (tertiary/aromatic N) is 4. The fourth-order valence-corrected chi connectivity index (χ4v) is 4.11. The second-order valence-electron chi connectivity index (χ2n) is 9.31. The average Bonchev–Trinajstić information content (AvgIpc) is 3.40. The first-order valence-corrected chi connectivity index (χ1v) is 12.2. The van der Waals surface area contributed by atoms with Crippen LogP contribution in [0.25, 0.3) is 16.8 Å². The third-order valence-corrected chi connectivity index (χ3v) is 6.35. The highest BCUT2D eigenvalue weighted by atomic mass is 16.5. The van der Waals surface area contributed by atoms with Crippen LogP contribution in [0.5, 0.6) is 5.75 Å². The third kappa shape index (κ3) is 5.87. The number of pyridine rings is 1. The first-order chi connectivity index (χ1) is 17.8. The number of fused-ring (bicyclic) bond motifs is 1. The minimum atomic E-state index is -0.548. The Morgan fingerprint density at radius 1 is 1.16 bits per heavy atom. The molecule has 0 radical (unpaired) electrons. The molecule has 2 heterocycles. The first-order valence-electron chi connectivity index (χ1n) is 12.2. The molecule has 0 bridgehead atoms. The highest BCUT2D eigenvalue weighted by Gasteiger charge is 2.19. The van der Waals surface area contributed by atoms with Crippen LogP contribution in [-0.4, -0.2) is 27.2 Å². The minimum Gasteiger partial charge on any atom is -0.489 e. The summed E-state index contributed by atoms with van der Waals surface area (Å²) < 4.78 is 12.9. The summed E-state index contributed by atoms with van der Waals surface area (Å²) in [4.78, 5) is 16.3. The van der Waals surface area contributed by atoms with Crippen LogP contribution < -0.4 is 4.74 Å². The smallest absolute Gasteiger partial charge is 0.306 e. The predicted molar refractivity (Wildman–Crippen MR) is 142 cm³/mol. The SMILES string of the molecule is C=C[C@@H](CC(=O)OCC)c1ccc(OCc2cc(-c3ccc(C(C)(C)C#N)cc3)cn3ncnc23)cc1. The van der Waals surface area contributed by atoms with Gasteiger partial charge in [-0.05, 0) is 55.7 Å². The van der Waals surface area contributed by atoms with E-state index >= 15 is 0 Å². The van der Waals surface area contributed by atoms with Crippen LogP contribution in [0, 0.1) is 11.3 Å². The maximum absolute atomic E-state index is 11.9. The van der Waals surface area contributed by atoms with E-state index in [1.807, 2.05) is 68.6 Å². The van der Waals surface area contributed by atoms with Crippen molar-refractivity contribution in [3.05, 3.63) is 96.5 Å². The molecule has 7 heteroatoms. The summed E-state index contributed by atoms with van der Waals surface area (Å²) in [5, 5.41) is 13.7. The van der Waals surface area contributed by atoms with Gasteiger partial charge in [-0.2, -0.15) is 10.4 Å². The van der Waals surface area contributed by atoms with Crippen molar-refractivity contribution in [2.45, 2.75) is 45.1 Å². The van der Waals surface area contributed by atoms with Crippen LogP contribution >= 0.6 is 0 Å². The molecule has 0 saturated carbocycles. The molecule has 0 aliphatic carbocycles. The molecular formula is C30H30N4O3. The summed E-state index contributed by atoms with van der Waals surface area (Å²) >= 11 is 0. The summed E-state index contributed by atoms with van der Waals surface area (Å²) in [5.41, 5.74) is 5.00. The van der Waals surface area contributed by atoms with Gasteiger partial charge in [-0.25, -0.2) is 9.50 Å². The summed E-state index contributed by atoms with van der Waals surface area (Å²) in [6.45, 7) is 10.1. The van der Waals surface area contributed by atoms with Gasteiger partial charge in [-0.3, -0.25) is 4.79 Å².